The van der Waals surface area contributed by atoms with Gasteiger partial charge in [-0.25, -0.2) is 0 Å². The number of hydrogen-bond acceptors (Lipinski definition) is 4. The average Bonchev–Trinajstić information content (AvgIpc) is 2.86. The highest BCUT2D eigenvalue weighted by molar-refractivity contribution is 5.93. The Morgan fingerprint density at radius 2 is 1.72 bits per heavy atom. The summed E-state index contributed by atoms with van der Waals surface area (Å²) in [5.74, 6) is 0.150. The fraction of sp³-hybridized carbons (Fsp3) is 0.516. The summed E-state index contributed by atoms with van der Waals surface area (Å²) in [5, 5.41) is 3.09. The molecule has 0 aromatic heterocycles. The summed E-state index contributed by atoms with van der Waals surface area (Å²) in [7, 11) is 0. The highest BCUT2D eigenvalue weighted by Gasteiger charge is 2.35. The third-order valence-electron chi connectivity index (χ3n) is 7.09. The molecule has 2 heterocycles. The summed E-state index contributed by atoms with van der Waals surface area (Å²) in [6.45, 7) is 8.54. The van der Waals surface area contributed by atoms with E-state index in [4.69, 9.17) is 4.74 Å². The summed E-state index contributed by atoms with van der Waals surface area (Å²) < 4.78 is 5.90. The van der Waals surface area contributed by atoms with Crippen LogP contribution < -0.4 is 10.1 Å². The van der Waals surface area contributed by atoms with Gasteiger partial charge in [-0.2, -0.15) is 0 Å². The number of ketones is 2. The van der Waals surface area contributed by atoms with Gasteiger partial charge >= 0.3 is 0 Å². The van der Waals surface area contributed by atoms with Gasteiger partial charge in [-0.05, 0) is 68.2 Å². The Balaban J connectivity index is 1.87. The summed E-state index contributed by atoms with van der Waals surface area (Å²) in [6.07, 6.45) is 3.69. The molecule has 3 atom stereocenters. The highest BCUT2D eigenvalue weighted by Crippen LogP contribution is 2.28. The van der Waals surface area contributed by atoms with Crippen LogP contribution in [0.2, 0.25) is 0 Å². The van der Waals surface area contributed by atoms with Crippen LogP contribution in [0, 0.1) is 24.7 Å². The van der Waals surface area contributed by atoms with Gasteiger partial charge in [0.1, 0.15) is 11.5 Å². The van der Waals surface area contributed by atoms with Crippen molar-refractivity contribution in [2.75, 3.05) is 6.61 Å². The van der Waals surface area contributed by atoms with Crippen molar-refractivity contribution < 1.29 is 19.1 Å². The Hall–Kier alpha value is -2.95. The van der Waals surface area contributed by atoms with Crippen molar-refractivity contribution >= 4 is 17.5 Å². The zero-order valence-corrected chi connectivity index (χ0v) is 22.2. The van der Waals surface area contributed by atoms with Crippen molar-refractivity contribution in [2.24, 2.45) is 17.8 Å². The van der Waals surface area contributed by atoms with Gasteiger partial charge in [-0.3, -0.25) is 14.4 Å². The zero-order chi connectivity index (χ0) is 26.1. The minimum Gasteiger partial charge on any atom is -0.494 e. The van der Waals surface area contributed by atoms with Crippen LogP contribution in [0.4, 0.5) is 0 Å². The van der Waals surface area contributed by atoms with Crippen LogP contribution in [0.3, 0.4) is 0 Å². The number of nitrogens with one attached hydrogen (secondary N) is 1. The molecule has 0 saturated heterocycles. The summed E-state index contributed by atoms with van der Waals surface area (Å²) >= 11 is 0. The molecule has 2 aliphatic rings. The summed E-state index contributed by atoms with van der Waals surface area (Å²) in [4.78, 5) is 40.1. The maximum absolute atomic E-state index is 13.7. The van der Waals surface area contributed by atoms with Crippen LogP contribution >= 0.6 is 0 Å². The first-order valence-electron chi connectivity index (χ1n) is 13.4. The average molecular weight is 492 g/mol. The molecule has 1 amide bonds. The number of aryl methyl sites for hydroxylation is 2. The molecule has 2 aliphatic heterocycles. The van der Waals surface area contributed by atoms with E-state index in [2.05, 4.69) is 19.2 Å². The smallest absolute Gasteiger partial charge is 0.224 e. The van der Waals surface area contributed by atoms with Crippen LogP contribution in [0.15, 0.2) is 48.5 Å². The lowest BCUT2D eigenvalue weighted by Crippen LogP contribution is -2.47. The van der Waals surface area contributed by atoms with Gasteiger partial charge in [0.25, 0.3) is 0 Å². The lowest BCUT2D eigenvalue weighted by Gasteiger charge is -2.29. The maximum Gasteiger partial charge on any atom is 0.224 e. The molecule has 5 heteroatoms. The van der Waals surface area contributed by atoms with Crippen molar-refractivity contribution in [3.63, 3.8) is 0 Å². The van der Waals surface area contributed by atoms with E-state index in [1.807, 2.05) is 62.4 Å². The molecule has 36 heavy (non-hydrogen) atoms. The molecule has 0 saturated carbocycles. The van der Waals surface area contributed by atoms with E-state index in [0.717, 1.165) is 16.9 Å². The molecule has 5 nitrogen and oxygen atoms in total. The molecule has 0 fully saturated rings. The van der Waals surface area contributed by atoms with E-state index >= 15 is 0 Å². The monoisotopic (exact) mass is 491 g/mol. The van der Waals surface area contributed by atoms with Crippen LogP contribution in [0.5, 0.6) is 5.75 Å². The van der Waals surface area contributed by atoms with Gasteiger partial charge in [-0.15, -0.1) is 0 Å². The molecule has 1 N–H and O–H groups in total. The normalized spacial score (nSPS) is 20.9. The zero-order valence-electron chi connectivity index (χ0n) is 22.2. The number of carbonyl (C=O) groups excluding carboxylic acids is 3. The number of amides is 1. The van der Waals surface area contributed by atoms with Gasteiger partial charge in [0, 0.05) is 24.7 Å². The first kappa shape index (κ1) is 27.6. The molecule has 4 rings (SSSR count). The molecule has 194 valence electrons. The molecule has 0 spiro atoms. The minimum atomic E-state index is -0.635. The van der Waals surface area contributed by atoms with Crippen molar-refractivity contribution in [1.29, 1.82) is 0 Å². The lowest BCUT2D eigenvalue weighted by atomic mass is 9.78. The molecule has 0 aliphatic carbocycles. The topological polar surface area (TPSA) is 72.5 Å². The van der Waals surface area contributed by atoms with Crippen molar-refractivity contribution in [3.8, 4) is 5.75 Å². The summed E-state index contributed by atoms with van der Waals surface area (Å²) in [6, 6.07) is 15.3. The number of rotatable bonds is 8. The number of hydrogen-bond donors (Lipinski definition) is 1. The number of fused-ring (bicyclic) bond motifs is 11. The van der Waals surface area contributed by atoms with E-state index < -0.39 is 12.0 Å². The molecular formula is C31H41NO4. The quantitative estimate of drug-likeness (QED) is 0.518. The fourth-order valence-electron chi connectivity index (χ4n) is 4.98. The molecule has 0 radical (unpaired) electrons. The Bertz CT molecular complexity index is 1010. The lowest BCUT2D eigenvalue weighted by molar-refractivity contribution is -0.136. The number of ether oxygens (including phenoxy) is 1. The Labute approximate surface area is 216 Å². The fourth-order valence-corrected chi connectivity index (χ4v) is 4.98. The second-order valence-corrected chi connectivity index (χ2v) is 10.5. The van der Waals surface area contributed by atoms with Gasteiger partial charge in [0.15, 0.2) is 5.78 Å². The third-order valence-corrected chi connectivity index (χ3v) is 7.09. The SMILES string of the molecule is CCC(=O)C1CCCOc2ccc(cc2)CC(C(=O)CCc2ccc(C)cc2)NC(=O)C1CC(C)C. The summed E-state index contributed by atoms with van der Waals surface area (Å²) in [5.41, 5.74) is 3.26. The van der Waals surface area contributed by atoms with E-state index in [1.165, 1.54) is 5.56 Å². The van der Waals surface area contributed by atoms with E-state index in [9.17, 15) is 14.4 Å². The van der Waals surface area contributed by atoms with Crippen LogP contribution in [-0.4, -0.2) is 30.1 Å². The second-order valence-electron chi connectivity index (χ2n) is 10.5. The van der Waals surface area contributed by atoms with Crippen LogP contribution in [-0.2, 0) is 27.2 Å². The van der Waals surface area contributed by atoms with Crippen LogP contribution in [0.25, 0.3) is 0 Å². The van der Waals surface area contributed by atoms with Crippen molar-refractivity contribution in [1.82, 2.24) is 5.32 Å². The largest absolute Gasteiger partial charge is 0.494 e. The first-order chi connectivity index (χ1) is 17.3. The van der Waals surface area contributed by atoms with Crippen molar-refractivity contribution in [3.05, 3.63) is 65.2 Å². The van der Waals surface area contributed by atoms with E-state index in [1.54, 1.807) is 0 Å². The standard InChI is InChI=1S/C31H41NO4/c1-5-29(33)26-7-6-18-36-25-15-12-24(13-16-25)20-28(32-31(35)27(26)19-21(2)3)30(34)17-14-23-10-8-22(4)9-11-23/h8-13,15-16,21,26-28H,5-7,14,17-20H2,1-4H3,(H,32,35). The molecule has 2 aromatic carbocycles. The predicted octanol–water partition coefficient (Wildman–Crippen LogP) is 5.65. The number of benzene rings is 2. The van der Waals surface area contributed by atoms with Gasteiger partial charge in [0.2, 0.25) is 5.91 Å². The molecule has 2 aromatic rings. The van der Waals surface area contributed by atoms with Gasteiger partial charge in [0.05, 0.1) is 12.6 Å². The van der Waals surface area contributed by atoms with Gasteiger partial charge < -0.3 is 10.1 Å². The molecule has 2 bridgehead atoms. The second kappa shape index (κ2) is 13.4. The predicted molar refractivity (Wildman–Crippen MR) is 143 cm³/mol. The highest BCUT2D eigenvalue weighted by atomic mass is 16.5. The maximum atomic E-state index is 13.7. The Kier molecular flexibility index (Phi) is 10.3. The van der Waals surface area contributed by atoms with E-state index in [-0.39, 0.29) is 29.3 Å². The van der Waals surface area contributed by atoms with E-state index in [0.29, 0.717) is 51.6 Å². The van der Waals surface area contributed by atoms with Crippen LogP contribution in [0.1, 0.15) is 69.6 Å². The minimum absolute atomic E-state index is 0.0120. The molecular weight excluding hydrogens is 450 g/mol. The van der Waals surface area contributed by atoms with Crippen molar-refractivity contribution in [2.45, 2.75) is 78.7 Å². The first-order valence-corrected chi connectivity index (χ1v) is 13.4. The number of Topliss-reactive ketones (excluding diaryl/α,β-unsaturated/α-hetero) is 2. The molecule has 3 unspecified atom stereocenters. The van der Waals surface area contributed by atoms with Gasteiger partial charge in [-0.1, -0.05) is 62.7 Å². The Morgan fingerprint density at radius 1 is 1.03 bits per heavy atom. The Morgan fingerprint density at radius 3 is 2.36 bits per heavy atom. The number of carbonyl (C=O) groups is 3. The third kappa shape index (κ3) is 8.04.